The number of hydrogen-bond donors (Lipinski definition) is 1. The van der Waals surface area contributed by atoms with Crippen molar-refractivity contribution in [2.45, 2.75) is 75.9 Å². The fourth-order valence-corrected chi connectivity index (χ4v) is 7.87. The van der Waals surface area contributed by atoms with Crippen LogP contribution in [0.2, 0.25) is 5.02 Å². The van der Waals surface area contributed by atoms with Gasteiger partial charge in [-0.1, -0.05) is 104 Å². The summed E-state index contributed by atoms with van der Waals surface area (Å²) in [7, 11) is -4.16. The summed E-state index contributed by atoms with van der Waals surface area (Å²) in [5.41, 5.74) is 3.68. The van der Waals surface area contributed by atoms with E-state index < -0.39 is 28.5 Å². The molecule has 0 spiro atoms. The van der Waals surface area contributed by atoms with Gasteiger partial charge in [0, 0.05) is 24.0 Å². The molecule has 246 valence electrons. The van der Waals surface area contributed by atoms with Gasteiger partial charge in [0.15, 0.2) is 0 Å². The van der Waals surface area contributed by atoms with Crippen molar-refractivity contribution < 1.29 is 18.0 Å². The van der Waals surface area contributed by atoms with Crippen LogP contribution in [0.3, 0.4) is 0 Å². The molecule has 2 amide bonds. The molecule has 0 unspecified atom stereocenters. The van der Waals surface area contributed by atoms with Crippen molar-refractivity contribution in [3.63, 3.8) is 0 Å². The summed E-state index contributed by atoms with van der Waals surface area (Å²) >= 11 is 6.36. The molecule has 1 aliphatic carbocycles. The Bertz CT molecular complexity index is 1780. The Morgan fingerprint density at radius 1 is 0.830 bits per heavy atom. The number of nitrogens with one attached hydrogen (secondary N) is 1. The van der Waals surface area contributed by atoms with Gasteiger partial charge in [-0.05, 0) is 79.3 Å². The molecule has 0 saturated heterocycles. The molecule has 0 bridgehead atoms. The second-order valence-electron chi connectivity index (χ2n) is 12.2. The molecule has 4 aromatic rings. The molecule has 1 atom stereocenters. The lowest BCUT2D eigenvalue weighted by Gasteiger charge is -2.35. The molecular weight excluding hydrogens is 630 g/mol. The summed E-state index contributed by atoms with van der Waals surface area (Å²) in [6.07, 6.45) is 5.27. The maximum Gasteiger partial charge on any atom is 0.264 e. The number of rotatable bonds is 12. The Morgan fingerprint density at radius 2 is 1.47 bits per heavy atom. The van der Waals surface area contributed by atoms with Gasteiger partial charge in [0.2, 0.25) is 11.8 Å². The Morgan fingerprint density at radius 3 is 2.15 bits per heavy atom. The van der Waals surface area contributed by atoms with Crippen molar-refractivity contribution in [3.8, 4) is 0 Å². The van der Waals surface area contributed by atoms with Crippen molar-refractivity contribution in [2.75, 3.05) is 10.8 Å². The van der Waals surface area contributed by atoms with Gasteiger partial charge in [0.05, 0.1) is 10.6 Å². The van der Waals surface area contributed by atoms with Crippen LogP contribution in [0.25, 0.3) is 0 Å². The molecule has 0 heterocycles. The van der Waals surface area contributed by atoms with E-state index >= 15 is 0 Å². The van der Waals surface area contributed by atoms with Gasteiger partial charge in [0.25, 0.3) is 10.0 Å². The van der Waals surface area contributed by atoms with Gasteiger partial charge in [-0.25, -0.2) is 8.42 Å². The Hall–Kier alpha value is -4.14. The average Bonchev–Trinajstić information content (AvgIpc) is 3.08. The minimum absolute atomic E-state index is 0.0301. The predicted molar refractivity (Wildman–Crippen MR) is 188 cm³/mol. The highest BCUT2D eigenvalue weighted by atomic mass is 35.5. The molecule has 1 aliphatic rings. The SMILES string of the molecule is Cc1cccc(N(CC(=O)N(Cc2cccc(Cl)c2)[C@H](Cc2ccccc2)C(=O)NC2CCCCC2)S(=O)(=O)c2ccccc2)c1C. The van der Waals surface area contributed by atoms with Crippen molar-refractivity contribution in [2.24, 2.45) is 0 Å². The fourth-order valence-electron chi connectivity index (χ4n) is 6.17. The van der Waals surface area contributed by atoms with Gasteiger partial charge >= 0.3 is 0 Å². The molecule has 0 aliphatic heterocycles. The quantitative estimate of drug-likeness (QED) is 0.172. The summed E-state index contributed by atoms with van der Waals surface area (Å²) in [5.74, 6) is -0.745. The number of carbonyl (C=O) groups excluding carboxylic acids is 2. The predicted octanol–water partition coefficient (Wildman–Crippen LogP) is 7.24. The van der Waals surface area contributed by atoms with Crippen LogP contribution >= 0.6 is 11.6 Å². The van der Waals surface area contributed by atoms with Gasteiger partial charge in [-0.15, -0.1) is 0 Å². The molecule has 1 saturated carbocycles. The number of benzene rings is 4. The molecule has 4 aromatic carbocycles. The molecule has 7 nitrogen and oxygen atoms in total. The average molecular weight is 672 g/mol. The van der Waals surface area contributed by atoms with E-state index in [1.807, 2.05) is 56.3 Å². The zero-order valence-corrected chi connectivity index (χ0v) is 28.5. The standard InChI is InChI=1S/C38H42ClN3O4S/c1-28-14-12-23-35(29(28)2)42(47(45,46)34-21-10-5-11-22-34)27-37(43)41(26-31-17-13-18-32(39)24-31)36(25-30-15-6-3-7-16-30)38(44)40-33-19-8-4-9-20-33/h3,5-7,10-18,21-24,33,36H,4,8-9,19-20,25-27H2,1-2H3,(H,40,44)/t36-/m1/s1. The van der Waals surface area contributed by atoms with Crippen LogP contribution in [0, 0.1) is 13.8 Å². The van der Waals surface area contributed by atoms with Crippen molar-refractivity contribution in [1.82, 2.24) is 10.2 Å². The number of halogens is 1. The summed E-state index contributed by atoms with van der Waals surface area (Å²) in [5, 5.41) is 3.74. The first-order valence-electron chi connectivity index (χ1n) is 16.2. The molecule has 0 radical (unpaired) electrons. The molecule has 5 rings (SSSR count). The smallest absolute Gasteiger partial charge is 0.264 e. The van der Waals surface area contributed by atoms with E-state index in [2.05, 4.69) is 5.32 Å². The van der Waals surface area contributed by atoms with Gasteiger partial charge in [0.1, 0.15) is 12.6 Å². The highest BCUT2D eigenvalue weighted by Crippen LogP contribution is 2.29. The maximum atomic E-state index is 14.7. The molecule has 47 heavy (non-hydrogen) atoms. The van der Waals surface area contributed by atoms with Crippen LogP contribution in [0.15, 0.2) is 108 Å². The van der Waals surface area contributed by atoms with Crippen LogP contribution in [-0.4, -0.2) is 43.8 Å². The monoisotopic (exact) mass is 671 g/mol. The summed E-state index contributed by atoms with van der Waals surface area (Å²) in [6, 6.07) is 29.4. The Labute approximate surface area is 283 Å². The highest BCUT2D eigenvalue weighted by molar-refractivity contribution is 7.92. The van der Waals surface area contributed by atoms with Crippen LogP contribution in [0.5, 0.6) is 0 Å². The number of amides is 2. The third kappa shape index (κ3) is 8.62. The van der Waals surface area contributed by atoms with E-state index in [4.69, 9.17) is 11.6 Å². The second kappa shape index (κ2) is 15.6. The van der Waals surface area contributed by atoms with Crippen molar-refractivity contribution >= 4 is 39.1 Å². The minimum atomic E-state index is -4.16. The summed E-state index contributed by atoms with van der Waals surface area (Å²) < 4.78 is 29.7. The first-order valence-corrected chi connectivity index (χ1v) is 18.0. The second-order valence-corrected chi connectivity index (χ2v) is 14.5. The lowest BCUT2D eigenvalue weighted by molar-refractivity contribution is -0.140. The van der Waals surface area contributed by atoms with E-state index in [-0.39, 0.29) is 29.8 Å². The van der Waals surface area contributed by atoms with Crippen LogP contribution in [0.1, 0.15) is 54.4 Å². The summed E-state index contributed by atoms with van der Waals surface area (Å²) in [6.45, 7) is 3.33. The van der Waals surface area contributed by atoms with Crippen LogP contribution in [0.4, 0.5) is 5.69 Å². The maximum absolute atomic E-state index is 14.7. The number of sulfonamides is 1. The van der Waals surface area contributed by atoms with E-state index in [9.17, 15) is 18.0 Å². The van der Waals surface area contributed by atoms with Gasteiger partial charge < -0.3 is 10.2 Å². The number of aryl methyl sites for hydroxylation is 1. The molecule has 1 N–H and O–H groups in total. The third-order valence-corrected chi connectivity index (χ3v) is 10.9. The van der Waals surface area contributed by atoms with E-state index in [1.54, 1.807) is 48.5 Å². The zero-order chi connectivity index (χ0) is 33.4. The fraction of sp³-hybridized carbons (Fsp3) is 0.316. The largest absolute Gasteiger partial charge is 0.352 e. The number of anilines is 1. The number of nitrogens with zero attached hydrogens (tertiary/aromatic N) is 2. The Kier molecular flexibility index (Phi) is 11.4. The lowest BCUT2D eigenvalue weighted by atomic mass is 9.94. The first kappa shape index (κ1) is 34.2. The molecule has 9 heteroatoms. The summed E-state index contributed by atoms with van der Waals surface area (Å²) in [4.78, 5) is 30.6. The van der Waals surface area contributed by atoms with Gasteiger partial charge in [-0.2, -0.15) is 0 Å². The van der Waals surface area contributed by atoms with Gasteiger partial charge in [-0.3, -0.25) is 13.9 Å². The Balaban J connectivity index is 1.58. The number of hydrogen-bond acceptors (Lipinski definition) is 4. The third-order valence-electron chi connectivity index (χ3n) is 8.92. The molecule has 0 aromatic heterocycles. The zero-order valence-electron chi connectivity index (χ0n) is 26.9. The topological polar surface area (TPSA) is 86.8 Å². The normalized spacial score (nSPS) is 14.3. The van der Waals surface area contributed by atoms with Crippen LogP contribution < -0.4 is 9.62 Å². The van der Waals surface area contributed by atoms with Crippen LogP contribution in [-0.2, 0) is 32.6 Å². The van der Waals surface area contributed by atoms with Crippen molar-refractivity contribution in [3.05, 3.63) is 130 Å². The van der Waals surface area contributed by atoms with Crippen molar-refractivity contribution in [1.29, 1.82) is 0 Å². The lowest BCUT2D eigenvalue weighted by Crippen LogP contribution is -2.55. The number of carbonyl (C=O) groups is 2. The first-order chi connectivity index (χ1) is 22.6. The van der Waals surface area contributed by atoms with E-state index in [1.165, 1.54) is 21.3 Å². The molecule has 1 fully saturated rings. The molecular formula is C38H42ClN3O4S. The minimum Gasteiger partial charge on any atom is -0.352 e. The highest BCUT2D eigenvalue weighted by Gasteiger charge is 2.36. The van der Waals surface area contributed by atoms with E-state index in [0.29, 0.717) is 10.7 Å². The van der Waals surface area contributed by atoms with E-state index in [0.717, 1.165) is 54.4 Å².